The predicted molar refractivity (Wildman–Crippen MR) is 70.8 cm³/mol. The van der Waals surface area contributed by atoms with Gasteiger partial charge in [0.2, 0.25) is 0 Å². The Kier molecular flexibility index (Phi) is 6.41. The van der Waals surface area contributed by atoms with Crippen LogP contribution in [0.4, 0.5) is 0 Å². The third-order valence-corrected chi connectivity index (χ3v) is 2.63. The molecule has 0 heterocycles. The van der Waals surface area contributed by atoms with Crippen LogP contribution in [-0.4, -0.2) is 45.7 Å². The Balaban J connectivity index is 2.80. The van der Waals surface area contributed by atoms with Gasteiger partial charge in [0.05, 0.1) is 40.6 Å². The van der Waals surface area contributed by atoms with Crippen molar-refractivity contribution >= 4 is 0 Å². The van der Waals surface area contributed by atoms with Gasteiger partial charge in [-0.2, -0.15) is 0 Å². The van der Waals surface area contributed by atoms with Crippen LogP contribution in [0.3, 0.4) is 0 Å². The summed E-state index contributed by atoms with van der Waals surface area (Å²) in [4.78, 5) is 0. The highest BCUT2D eigenvalue weighted by atomic mass is 16.5. The van der Waals surface area contributed by atoms with Crippen LogP contribution >= 0.6 is 0 Å². The minimum absolute atomic E-state index is 0.170. The lowest BCUT2D eigenvalue weighted by Crippen LogP contribution is -2.25. The van der Waals surface area contributed by atoms with Gasteiger partial charge in [0, 0.05) is 18.2 Å². The van der Waals surface area contributed by atoms with Gasteiger partial charge in [0.25, 0.3) is 0 Å². The van der Waals surface area contributed by atoms with E-state index in [1.807, 2.05) is 0 Å². The van der Waals surface area contributed by atoms with Crippen molar-refractivity contribution in [3.8, 4) is 17.2 Å². The molecule has 0 saturated heterocycles. The van der Waals surface area contributed by atoms with E-state index in [1.54, 1.807) is 33.5 Å². The summed E-state index contributed by atoms with van der Waals surface area (Å²) in [6.07, 6.45) is -0.661. The Morgan fingerprint density at radius 1 is 1.05 bits per heavy atom. The van der Waals surface area contributed by atoms with E-state index in [2.05, 4.69) is 0 Å². The van der Waals surface area contributed by atoms with Gasteiger partial charge in [0.15, 0.2) is 11.5 Å². The Labute approximate surface area is 113 Å². The van der Waals surface area contributed by atoms with E-state index in [0.29, 0.717) is 23.9 Å². The smallest absolute Gasteiger partial charge is 0.164 e. The highest BCUT2D eigenvalue weighted by Gasteiger charge is 2.12. The van der Waals surface area contributed by atoms with Gasteiger partial charge in [-0.1, -0.05) is 0 Å². The number of ether oxygens (including phenoxy) is 4. The fraction of sp³-hybridized carbons (Fsp3) is 0.538. The molecule has 19 heavy (non-hydrogen) atoms. The van der Waals surface area contributed by atoms with Crippen LogP contribution in [0, 0.1) is 0 Å². The second-order valence-corrected chi connectivity index (χ2v) is 3.92. The number of aliphatic hydroxyl groups is 1. The minimum Gasteiger partial charge on any atom is -0.496 e. The normalized spacial score (nSPS) is 12.1. The summed E-state index contributed by atoms with van der Waals surface area (Å²) in [5, 5.41) is 9.32. The van der Waals surface area contributed by atoms with Gasteiger partial charge in [0.1, 0.15) is 5.75 Å². The molecular formula is C13H21NO5. The van der Waals surface area contributed by atoms with Gasteiger partial charge >= 0.3 is 0 Å². The maximum Gasteiger partial charge on any atom is 0.164 e. The van der Waals surface area contributed by atoms with Crippen molar-refractivity contribution in [2.24, 2.45) is 5.73 Å². The predicted octanol–water partition coefficient (Wildman–Crippen LogP) is 0.549. The van der Waals surface area contributed by atoms with Crippen molar-refractivity contribution in [1.82, 2.24) is 0 Å². The highest BCUT2D eigenvalue weighted by Crippen LogP contribution is 2.34. The van der Waals surface area contributed by atoms with E-state index in [1.165, 1.54) is 0 Å². The summed E-state index contributed by atoms with van der Waals surface area (Å²) >= 11 is 0. The zero-order valence-electron chi connectivity index (χ0n) is 11.5. The van der Waals surface area contributed by atoms with E-state index in [9.17, 15) is 5.11 Å². The van der Waals surface area contributed by atoms with Crippen LogP contribution in [0.1, 0.15) is 5.56 Å². The van der Waals surface area contributed by atoms with Crippen molar-refractivity contribution in [2.45, 2.75) is 12.7 Å². The number of hydrogen-bond donors (Lipinski definition) is 2. The van der Waals surface area contributed by atoms with Crippen LogP contribution in [0.5, 0.6) is 17.2 Å². The molecule has 0 aliphatic heterocycles. The summed E-state index contributed by atoms with van der Waals surface area (Å²) < 4.78 is 21.1. The van der Waals surface area contributed by atoms with Crippen molar-refractivity contribution in [3.63, 3.8) is 0 Å². The van der Waals surface area contributed by atoms with Crippen LogP contribution < -0.4 is 19.9 Å². The first-order valence-corrected chi connectivity index (χ1v) is 5.91. The molecule has 1 rings (SSSR count). The molecule has 1 aromatic carbocycles. The summed E-state index contributed by atoms with van der Waals surface area (Å²) in [5.41, 5.74) is 6.11. The first-order chi connectivity index (χ1) is 9.15. The second kappa shape index (κ2) is 7.83. The van der Waals surface area contributed by atoms with Crippen LogP contribution in [0.25, 0.3) is 0 Å². The molecule has 0 radical (unpaired) electrons. The van der Waals surface area contributed by atoms with E-state index in [-0.39, 0.29) is 13.2 Å². The quantitative estimate of drug-likeness (QED) is 0.718. The van der Waals surface area contributed by atoms with Crippen molar-refractivity contribution < 1.29 is 24.1 Å². The molecule has 6 heteroatoms. The molecule has 1 aromatic rings. The molecule has 0 fully saturated rings. The van der Waals surface area contributed by atoms with Gasteiger partial charge in [-0.05, 0) is 6.07 Å². The molecule has 108 valence electrons. The standard InChI is InChI=1S/C13H21NO5/c1-16-11-5-13(18-3)12(17-2)4-9(11)7-19-8-10(15)6-14/h4-5,10,15H,6-8,14H2,1-3H3/t10-/m1/s1. The monoisotopic (exact) mass is 271 g/mol. The number of hydrogen-bond acceptors (Lipinski definition) is 6. The molecule has 3 N–H and O–H groups in total. The molecular weight excluding hydrogens is 250 g/mol. The number of aliphatic hydroxyl groups excluding tert-OH is 1. The van der Waals surface area contributed by atoms with Gasteiger partial charge < -0.3 is 29.8 Å². The average Bonchev–Trinajstić information content (AvgIpc) is 2.46. The Morgan fingerprint density at radius 2 is 1.63 bits per heavy atom. The zero-order chi connectivity index (χ0) is 14.3. The van der Waals surface area contributed by atoms with E-state index >= 15 is 0 Å². The van der Waals surface area contributed by atoms with Crippen molar-refractivity contribution in [3.05, 3.63) is 17.7 Å². The first-order valence-electron chi connectivity index (χ1n) is 5.91. The fourth-order valence-corrected chi connectivity index (χ4v) is 1.58. The van der Waals surface area contributed by atoms with Crippen LogP contribution in [-0.2, 0) is 11.3 Å². The van der Waals surface area contributed by atoms with E-state index in [4.69, 9.17) is 24.7 Å². The molecule has 0 unspecified atom stereocenters. The van der Waals surface area contributed by atoms with Crippen molar-refractivity contribution in [2.75, 3.05) is 34.5 Å². The lowest BCUT2D eigenvalue weighted by molar-refractivity contribution is 0.0321. The maximum absolute atomic E-state index is 9.32. The lowest BCUT2D eigenvalue weighted by Gasteiger charge is -2.15. The molecule has 0 saturated carbocycles. The second-order valence-electron chi connectivity index (χ2n) is 3.92. The molecule has 1 atom stereocenters. The summed E-state index contributed by atoms with van der Waals surface area (Å²) in [6.45, 7) is 0.637. The van der Waals surface area contributed by atoms with Crippen molar-refractivity contribution in [1.29, 1.82) is 0 Å². The summed E-state index contributed by atoms with van der Waals surface area (Å²) in [6, 6.07) is 3.52. The van der Waals surface area contributed by atoms with Gasteiger partial charge in [-0.3, -0.25) is 0 Å². The van der Waals surface area contributed by atoms with E-state index < -0.39 is 6.10 Å². The Morgan fingerprint density at radius 3 is 2.16 bits per heavy atom. The molecule has 0 bridgehead atoms. The topological polar surface area (TPSA) is 83.2 Å². The number of methoxy groups -OCH3 is 3. The number of rotatable bonds is 8. The SMILES string of the molecule is COc1cc(OC)c(OC)cc1COC[C@H](O)CN. The highest BCUT2D eigenvalue weighted by molar-refractivity contribution is 5.50. The average molecular weight is 271 g/mol. The minimum atomic E-state index is -0.661. The molecule has 0 amide bonds. The maximum atomic E-state index is 9.32. The number of nitrogens with two attached hydrogens (primary N) is 1. The summed E-state index contributed by atoms with van der Waals surface area (Å²) in [7, 11) is 4.69. The Hall–Kier alpha value is -1.50. The molecule has 6 nitrogen and oxygen atoms in total. The van der Waals surface area contributed by atoms with Gasteiger partial charge in [-0.25, -0.2) is 0 Å². The van der Waals surface area contributed by atoms with E-state index in [0.717, 1.165) is 5.56 Å². The molecule has 0 spiro atoms. The largest absolute Gasteiger partial charge is 0.496 e. The summed E-state index contributed by atoms with van der Waals surface area (Å²) in [5.74, 6) is 1.83. The molecule has 0 aromatic heterocycles. The first kappa shape index (κ1) is 15.6. The van der Waals surface area contributed by atoms with Crippen LogP contribution in [0.15, 0.2) is 12.1 Å². The van der Waals surface area contributed by atoms with Crippen LogP contribution in [0.2, 0.25) is 0 Å². The Bertz CT molecular complexity index is 397. The zero-order valence-corrected chi connectivity index (χ0v) is 11.5. The third-order valence-electron chi connectivity index (χ3n) is 2.63. The van der Waals surface area contributed by atoms with Gasteiger partial charge in [-0.15, -0.1) is 0 Å². The molecule has 0 aliphatic carbocycles. The number of benzene rings is 1. The fourth-order valence-electron chi connectivity index (χ4n) is 1.58. The molecule has 0 aliphatic rings. The lowest BCUT2D eigenvalue weighted by atomic mass is 10.2. The third kappa shape index (κ3) is 4.27.